The zero-order valence-corrected chi connectivity index (χ0v) is 16.3. The lowest BCUT2D eigenvalue weighted by Crippen LogP contribution is -2.44. The molecule has 1 N–H and O–H groups in total. The van der Waals surface area contributed by atoms with Gasteiger partial charge in [0.2, 0.25) is 0 Å². The van der Waals surface area contributed by atoms with Crippen molar-refractivity contribution >= 4 is 11.7 Å². The van der Waals surface area contributed by atoms with Gasteiger partial charge in [0.15, 0.2) is 0 Å². The van der Waals surface area contributed by atoms with Crippen molar-refractivity contribution in [3.8, 4) is 0 Å². The van der Waals surface area contributed by atoms with Crippen LogP contribution in [0, 0.1) is 6.92 Å². The summed E-state index contributed by atoms with van der Waals surface area (Å²) in [6.45, 7) is 7.46. The molecule has 1 atom stereocenters. The number of hydrogen-bond acceptors (Lipinski definition) is 3. The Hall–Kier alpha value is -2.40. The normalized spacial score (nSPS) is 16.5. The first-order chi connectivity index (χ1) is 12.3. The monoisotopic (exact) mass is 352 g/mol. The number of pyridine rings is 1. The van der Waals surface area contributed by atoms with E-state index in [1.165, 1.54) is 5.56 Å². The SMILES string of the molecule is Cc1ccc2c(n1)C(C)(C)CN2C(=O)NC[C@@H](c1ccccc1)N(C)C. The van der Waals surface area contributed by atoms with Gasteiger partial charge in [-0.05, 0) is 38.7 Å². The molecule has 0 aliphatic carbocycles. The molecule has 26 heavy (non-hydrogen) atoms. The number of carbonyl (C=O) groups excluding carboxylic acids is 1. The van der Waals surface area contributed by atoms with Gasteiger partial charge in [-0.1, -0.05) is 44.2 Å². The third kappa shape index (κ3) is 3.58. The topological polar surface area (TPSA) is 48.5 Å². The number of rotatable bonds is 4. The minimum absolute atomic E-state index is 0.0646. The molecule has 1 aromatic heterocycles. The first-order valence-electron chi connectivity index (χ1n) is 9.04. The summed E-state index contributed by atoms with van der Waals surface area (Å²) in [5.41, 5.74) is 3.95. The van der Waals surface area contributed by atoms with Crippen LogP contribution >= 0.6 is 0 Å². The van der Waals surface area contributed by atoms with E-state index in [0.717, 1.165) is 17.1 Å². The lowest BCUT2D eigenvalue weighted by molar-refractivity contribution is 0.237. The van der Waals surface area contributed by atoms with Crippen LogP contribution in [0.4, 0.5) is 10.5 Å². The lowest BCUT2D eigenvalue weighted by Gasteiger charge is -2.27. The van der Waals surface area contributed by atoms with Gasteiger partial charge in [0, 0.05) is 24.2 Å². The van der Waals surface area contributed by atoms with Crippen molar-refractivity contribution in [2.24, 2.45) is 0 Å². The molecule has 1 aliphatic heterocycles. The standard InChI is InChI=1S/C21H28N4O/c1-15-11-12-17-19(23-15)21(2,3)14-25(17)20(26)22-13-18(24(4)5)16-9-7-6-8-10-16/h6-12,18H,13-14H2,1-5H3,(H,22,26)/t18-/m0/s1. The summed E-state index contributed by atoms with van der Waals surface area (Å²) in [6, 6.07) is 14.3. The number of urea groups is 1. The maximum Gasteiger partial charge on any atom is 0.322 e. The summed E-state index contributed by atoms with van der Waals surface area (Å²) < 4.78 is 0. The summed E-state index contributed by atoms with van der Waals surface area (Å²) in [5, 5.41) is 3.12. The first kappa shape index (κ1) is 18.4. The van der Waals surface area contributed by atoms with Gasteiger partial charge in [0.1, 0.15) is 0 Å². The van der Waals surface area contributed by atoms with Crippen LogP contribution in [0.3, 0.4) is 0 Å². The Morgan fingerprint density at radius 3 is 2.58 bits per heavy atom. The molecule has 1 aromatic carbocycles. The molecule has 0 bridgehead atoms. The average molecular weight is 352 g/mol. The molecular formula is C21H28N4O. The second kappa shape index (κ2) is 7.08. The third-order valence-electron chi connectivity index (χ3n) is 5.00. The molecule has 0 radical (unpaired) electrons. The van der Waals surface area contributed by atoms with Gasteiger partial charge in [-0.25, -0.2) is 4.79 Å². The number of fused-ring (bicyclic) bond motifs is 1. The molecule has 5 nitrogen and oxygen atoms in total. The van der Waals surface area contributed by atoms with Crippen molar-refractivity contribution in [1.82, 2.24) is 15.2 Å². The fraction of sp³-hybridized carbons (Fsp3) is 0.429. The van der Waals surface area contributed by atoms with E-state index in [2.05, 4.69) is 41.2 Å². The van der Waals surface area contributed by atoms with Gasteiger partial charge in [-0.15, -0.1) is 0 Å². The van der Waals surface area contributed by atoms with Gasteiger partial charge in [-0.3, -0.25) is 9.88 Å². The third-order valence-corrected chi connectivity index (χ3v) is 5.00. The first-order valence-corrected chi connectivity index (χ1v) is 9.04. The van der Waals surface area contributed by atoms with Crippen molar-refractivity contribution in [3.05, 3.63) is 59.4 Å². The van der Waals surface area contributed by atoms with Crippen LogP contribution in [0.2, 0.25) is 0 Å². The molecule has 0 saturated carbocycles. The van der Waals surface area contributed by atoms with Crippen LogP contribution in [0.15, 0.2) is 42.5 Å². The molecule has 138 valence electrons. The maximum atomic E-state index is 12.9. The highest BCUT2D eigenvalue weighted by Gasteiger charge is 2.39. The van der Waals surface area contributed by atoms with Crippen LogP contribution < -0.4 is 10.2 Å². The summed E-state index contributed by atoms with van der Waals surface area (Å²) >= 11 is 0. The second-order valence-electron chi connectivity index (χ2n) is 7.87. The number of likely N-dealkylation sites (N-methyl/N-ethyl adjacent to an activating group) is 1. The summed E-state index contributed by atoms with van der Waals surface area (Å²) in [4.78, 5) is 21.5. The molecule has 3 rings (SSSR count). The molecule has 0 fully saturated rings. The number of aromatic nitrogens is 1. The van der Waals surface area contributed by atoms with Gasteiger partial charge in [0.25, 0.3) is 0 Å². The molecule has 2 amide bonds. The predicted molar refractivity (Wildman–Crippen MR) is 106 cm³/mol. The van der Waals surface area contributed by atoms with Crippen molar-refractivity contribution in [1.29, 1.82) is 0 Å². The van der Waals surface area contributed by atoms with E-state index in [9.17, 15) is 4.79 Å². The van der Waals surface area contributed by atoms with Crippen LogP contribution in [0.5, 0.6) is 0 Å². The van der Waals surface area contributed by atoms with E-state index < -0.39 is 0 Å². The molecule has 5 heteroatoms. The summed E-state index contributed by atoms with van der Waals surface area (Å²) in [5.74, 6) is 0. The maximum absolute atomic E-state index is 12.9. The minimum Gasteiger partial charge on any atom is -0.336 e. The van der Waals surface area contributed by atoms with E-state index in [4.69, 9.17) is 0 Å². The van der Waals surface area contributed by atoms with Gasteiger partial charge in [-0.2, -0.15) is 0 Å². The fourth-order valence-electron chi connectivity index (χ4n) is 3.55. The highest BCUT2D eigenvalue weighted by atomic mass is 16.2. The second-order valence-corrected chi connectivity index (χ2v) is 7.87. The number of nitrogens with zero attached hydrogens (tertiary/aromatic N) is 3. The van der Waals surface area contributed by atoms with E-state index in [1.807, 2.05) is 56.3 Å². The zero-order valence-electron chi connectivity index (χ0n) is 16.3. The Kier molecular flexibility index (Phi) is 5.01. The highest BCUT2D eigenvalue weighted by molar-refractivity contribution is 5.94. The van der Waals surface area contributed by atoms with E-state index in [-0.39, 0.29) is 17.5 Å². The predicted octanol–water partition coefficient (Wildman–Crippen LogP) is 3.50. The number of amides is 2. The molecule has 0 spiro atoms. The summed E-state index contributed by atoms with van der Waals surface area (Å²) in [6.07, 6.45) is 0. The highest BCUT2D eigenvalue weighted by Crippen LogP contribution is 2.39. The Morgan fingerprint density at radius 2 is 1.92 bits per heavy atom. The average Bonchev–Trinajstić information content (AvgIpc) is 2.86. The van der Waals surface area contributed by atoms with Crippen LogP contribution in [-0.2, 0) is 5.41 Å². The number of nitrogens with one attached hydrogen (secondary N) is 1. The number of hydrogen-bond donors (Lipinski definition) is 1. The van der Waals surface area contributed by atoms with E-state index >= 15 is 0 Å². The Bertz CT molecular complexity index is 786. The number of carbonyl (C=O) groups is 1. The fourth-order valence-corrected chi connectivity index (χ4v) is 3.55. The molecular weight excluding hydrogens is 324 g/mol. The van der Waals surface area contributed by atoms with E-state index in [1.54, 1.807) is 0 Å². The number of anilines is 1. The van der Waals surface area contributed by atoms with Crippen LogP contribution in [0.25, 0.3) is 0 Å². The lowest BCUT2D eigenvalue weighted by atomic mass is 9.91. The Balaban J connectivity index is 1.75. The largest absolute Gasteiger partial charge is 0.336 e. The van der Waals surface area contributed by atoms with Crippen LogP contribution in [0.1, 0.15) is 36.8 Å². The van der Waals surface area contributed by atoms with Crippen molar-refractivity contribution in [3.63, 3.8) is 0 Å². The molecule has 2 aromatic rings. The Morgan fingerprint density at radius 1 is 1.23 bits per heavy atom. The number of benzene rings is 1. The van der Waals surface area contributed by atoms with E-state index in [0.29, 0.717) is 13.1 Å². The number of aryl methyl sites for hydroxylation is 1. The smallest absolute Gasteiger partial charge is 0.322 e. The molecule has 1 aliphatic rings. The summed E-state index contributed by atoms with van der Waals surface area (Å²) in [7, 11) is 4.07. The zero-order chi connectivity index (χ0) is 18.9. The van der Waals surface area contributed by atoms with Gasteiger partial charge in [0.05, 0.1) is 17.4 Å². The molecule has 0 unspecified atom stereocenters. The van der Waals surface area contributed by atoms with Gasteiger partial charge < -0.3 is 10.2 Å². The van der Waals surface area contributed by atoms with Crippen molar-refractivity contribution in [2.45, 2.75) is 32.2 Å². The van der Waals surface area contributed by atoms with Crippen molar-refractivity contribution < 1.29 is 4.79 Å². The molecule has 0 saturated heterocycles. The van der Waals surface area contributed by atoms with Crippen molar-refractivity contribution in [2.75, 3.05) is 32.1 Å². The quantitative estimate of drug-likeness (QED) is 0.916. The Labute approximate surface area is 156 Å². The molecule has 2 heterocycles. The minimum atomic E-state index is -0.140. The van der Waals surface area contributed by atoms with Gasteiger partial charge >= 0.3 is 6.03 Å². The van der Waals surface area contributed by atoms with Crippen LogP contribution in [-0.4, -0.2) is 43.1 Å².